The van der Waals surface area contributed by atoms with Gasteiger partial charge in [-0.2, -0.15) is 5.10 Å². The van der Waals surface area contributed by atoms with Gasteiger partial charge in [0.05, 0.1) is 39.7 Å². The van der Waals surface area contributed by atoms with Gasteiger partial charge in [0, 0.05) is 6.07 Å². The first kappa shape index (κ1) is 22.1. The maximum absolute atomic E-state index is 12.4. The number of carbonyl (C=O) groups excluding carboxylic acids is 1. The monoisotopic (exact) mass is 400 g/mol. The van der Waals surface area contributed by atoms with Crippen LogP contribution in [0.4, 0.5) is 0 Å². The van der Waals surface area contributed by atoms with E-state index in [4.69, 9.17) is 18.9 Å². The maximum Gasteiger partial charge on any atom is 0.275 e. The van der Waals surface area contributed by atoms with Crippen LogP contribution in [-0.2, 0) is 0 Å². The van der Waals surface area contributed by atoms with E-state index in [0.717, 1.165) is 24.8 Å². The van der Waals surface area contributed by atoms with Gasteiger partial charge in [0.2, 0.25) is 0 Å². The highest BCUT2D eigenvalue weighted by atomic mass is 16.5. The Kier molecular flexibility index (Phi) is 8.82. The first-order valence-corrected chi connectivity index (χ1v) is 9.49. The lowest BCUT2D eigenvalue weighted by molar-refractivity contribution is 0.0952. The summed E-state index contributed by atoms with van der Waals surface area (Å²) in [5.74, 6) is 1.93. The normalized spacial score (nSPS) is 10.6. The van der Waals surface area contributed by atoms with Crippen molar-refractivity contribution in [2.45, 2.75) is 26.2 Å². The number of ether oxygens (including phenoxy) is 4. The van der Waals surface area contributed by atoms with Crippen LogP contribution in [0, 0.1) is 0 Å². The Morgan fingerprint density at radius 2 is 1.76 bits per heavy atom. The largest absolute Gasteiger partial charge is 0.497 e. The number of carbonyl (C=O) groups is 1. The topological polar surface area (TPSA) is 78.4 Å². The van der Waals surface area contributed by atoms with E-state index in [-0.39, 0.29) is 5.91 Å². The van der Waals surface area contributed by atoms with Crippen molar-refractivity contribution >= 4 is 12.1 Å². The van der Waals surface area contributed by atoms with E-state index in [2.05, 4.69) is 17.5 Å². The predicted molar refractivity (Wildman–Crippen MR) is 113 cm³/mol. The molecule has 0 atom stereocenters. The summed E-state index contributed by atoms with van der Waals surface area (Å²) >= 11 is 0. The van der Waals surface area contributed by atoms with E-state index in [1.54, 1.807) is 38.5 Å². The summed E-state index contributed by atoms with van der Waals surface area (Å²) in [5, 5.41) is 4.02. The minimum atomic E-state index is -0.386. The van der Waals surface area contributed by atoms with Crippen LogP contribution in [0.5, 0.6) is 23.0 Å². The number of unbranched alkanes of at least 4 members (excludes halogenated alkanes) is 2. The van der Waals surface area contributed by atoms with Gasteiger partial charge in [0.15, 0.2) is 11.5 Å². The number of methoxy groups -OCH3 is 3. The standard InChI is InChI=1S/C22H28N2O5/c1-5-6-7-12-29-19-11-8-16(13-21(19)28-4)15-23-24-22(25)18-10-9-17(26-2)14-20(18)27-3/h8-11,13-15H,5-7,12H2,1-4H3,(H,24,25). The van der Waals surface area contributed by atoms with Crippen molar-refractivity contribution in [3.8, 4) is 23.0 Å². The zero-order chi connectivity index (χ0) is 21.1. The number of benzene rings is 2. The van der Waals surface area contributed by atoms with Crippen molar-refractivity contribution in [3.63, 3.8) is 0 Å². The molecular formula is C22H28N2O5. The molecule has 2 rings (SSSR count). The molecule has 0 saturated heterocycles. The number of hydrazone groups is 1. The predicted octanol–water partition coefficient (Wildman–Crippen LogP) is 4.05. The second kappa shape index (κ2) is 11.6. The Morgan fingerprint density at radius 1 is 0.966 bits per heavy atom. The van der Waals surface area contributed by atoms with Crippen LogP contribution in [0.3, 0.4) is 0 Å². The second-order valence-corrected chi connectivity index (χ2v) is 6.23. The van der Waals surface area contributed by atoms with Gasteiger partial charge in [-0.1, -0.05) is 19.8 Å². The number of hydrogen-bond acceptors (Lipinski definition) is 6. The van der Waals surface area contributed by atoms with E-state index < -0.39 is 0 Å². The Labute approximate surface area is 171 Å². The van der Waals surface area contributed by atoms with Crippen molar-refractivity contribution in [2.75, 3.05) is 27.9 Å². The first-order chi connectivity index (χ1) is 14.1. The van der Waals surface area contributed by atoms with Gasteiger partial charge in [-0.25, -0.2) is 5.43 Å². The van der Waals surface area contributed by atoms with Crippen LogP contribution in [-0.4, -0.2) is 40.1 Å². The average Bonchev–Trinajstić information content (AvgIpc) is 2.76. The molecule has 0 fully saturated rings. The van der Waals surface area contributed by atoms with Crippen molar-refractivity contribution < 1.29 is 23.7 Å². The Hall–Kier alpha value is -3.22. The molecule has 0 spiro atoms. The van der Waals surface area contributed by atoms with Crippen molar-refractivity contribution in [1.29, 1.82) is 0 Å². The van der Waals surface area contributed by atoms with Gasteiger partial charge in [-0.3, -0.25) is 4.79 Å². The quantitative estimate of drug-likeness (QED) is 0.350. The van der Waals surface area contributed by atoms with Crippen molar-refractivity contribution in [1.82, 2.24) is 5.43 Å². The third kappa shape index (κ3) is 6.41. The fourth-order valence-corrected chi connectivity index (χ4v) is 2.63. The molecule has 1 N–H and O–H groups in total. The summed E-state index contributed by atoms with van der Waals surface area (Å²) in [6.07, 6.45) is 4.82. The first-order valence-electron chi connectivity index (χ1n) is 9.49. The fourth-order valence-electron chi connectivity index (χ4n) is 2.63. The number of nitrogens with one attached hydrogen (secondary N) is 1. The number of amides is 1. The highest BCUT2D eigenvalue weighted by Crippen LogP contribution is 2.28. The lowest BCUT2D eigenvalue weighted by Crippen LogP contribution is -2.18. The molecule has 0 saturated carbocycles. The van der Waals surface area contributed by atoms with Crippen LogP contribution in [0.1, 0.15) is 42.1 Å². The number of rotatable bonds is 11. The summed E-state index contributed by atoms with van der Waals surface area (Å²) in [5.41, 5.74) is 3.63. The van der Waals surface area contributed by atoms with Crippen molar-refractivity contribution in [3.05, 3.63) is 47.5 Å². The molecule has 0 aromatic heterocycles. The molecule has 2 aromatic rings. The van der Waals surface area contributed by atoms with E-state index in [1.807, 2.05) is 12.1 Å². The minimum absolute atomic E-state index is 0.360. The lowest BCUT2D eigenvalue weighted by Gasteiger charge is -2.11. The van der Waals surface area contributed by atoms with Gasteiger partial charge < -0.3 is 18.9 Å². The van der Waals surface area contributed by atoms with E-state index in [9.17, 15) is 4.79 Å². The molecular weight excluding hydrogens is 372 g/mol. The molecule has 0 unspecified atom stereocenters. The van der Waals surface area contributed by atoms with Crippen LogP contribution in [0.2, 0.25) is 0 Å². The molecule has 29 heavy (non-hydrogen) atoms. The van der Waals surface area contributed by atoms with Gasteiger partial charge in [-0.05, 0) is 42.3 Å². The van der Waals surface area contributed by atoms with Crippen LogP contribution in [0.25, 0.3) is 0 Å². The molecule has 0 radical (unpaired) electrons. The van der Waals surface area contributed by atoms with Gasteiger partial charge >= 0.3 is 0 Å². The summed E-state index contributed by atoms with van der Waals surface area (Å²) in [6, 6.07) is 10.4. The third-order valence-corrected chi connectivity index (χ3v) is 4.23. The molecule has 7 heteroatoms. The molecule has 0 aliphatic rings. The highest BCUT2D eigenvalue weighted by Gasteiger charge is 2.12. The smallest absolute Gasteiger partial charge is 0.275 e. The molecule has 1 amide bonds. The zero-order valence-electron chi connectivity index (χ0n) is 17.4. The van der Waals surface area contributed by atoms with E-state index in [0.29, 0.717) is 35.2 Å². The van der Waals surface area contributed by atoms with E-state index >= 15 is 0 Å². The SMILES string of the molecule is CCCCCOc1ccc(C=NNC(=O)c2ccc(OC)cc2OC)cc1OC. The number of nitrogens with zero attached hydrogens (tertiary/aromatic N) is 1. The summed E-state index contributed by atoms with van der Waals surface area (Å²) in [6.45, 7) is 2.80. The molecule has 156 valence electrons. The van der Waals surface area contributed by atoms with Gasteiger partial charge in [-0.15, -0.1) is 0 Å². The second-order valence-electron chi connectivity index (χ2n) is 6.23. The third-order valence-electron chi connectivity index (χ3n) is 4.23. The van der Waals surface area contributed by atoms with Crippen molar-refractivity contribution in [2.24, 2.45) is 5.10 Å². The summed E-state index contributed by atoms with van der Waals surface area (Å²) < 4.78 is 21.5. The molecule has 0 heterocycles. The molecule has 0 aliphatic heterocycles. The Bertz CT molecular complexity index is 836. The van der Waals surface area contributed by atoms with Crippen LogP contribution >= 0.6 is 0 Å². The Balaban J connectivity index is 2.01. The van der Waals surface area contributed by atoms with Gasteiger partial charge in [0.25, 0.3) is 5.91 Å². The average molecular weight is 400 g/mol. The molecule has 7 nitrogen and oxygen atoms in total. The summed E-state index contributed by atoms with van der Waals surface area (Å²) in [4.78, 5) is 12.4. The molecule has 0 bridgehead atoms. The lowest BCUT2D eigenvalue weighted by atomic mass is 10.2. The maximum atomic E-state index is 12.4. The summed E-state index contributed by atoms with van der Waals surface area (Å²) in [7, 11) is 4.63. The minimum Gasteiger partial charge on any atom is -0.497 e. The highest BCUT2D eigenvalue weighted by molar-refractivity contribution is 5.97. The van der Waals surface area contributed by atoms with E-state index in [1.165, 1.54) is 13.3 Å². The molecule has 0 aliphatic carbocycles. The van der Waals surface area contributed by atoms with Crippen LogP contribution in [0.15, 0.2) is 41.5 Å². The molecule has 2 aromatic carbocycles. The van der Waals surface area contributed by atoms with Gasteiger partial charge in [0.1, 0.15) is 11.5 Å². The Morgan fingerprint density at radius 3 is 2.45 bits per heavy atom. The fraction of sp³-hybridized carbons (Fsp3) is 0.364. The zero-order valence-corrected chi connectivity index (χ0v) is 17.4. The number of hydrogen-bond donors (Lipinski definition) is 1. The van der Waals surface area contributed by atoms with Crippen LogP contribution < -0.4 is 24.4 Å².